The van der Waals surface area contributed by atoms with Gasteiger partial charge in [0.05, 0.1) is 6.10 Å². The molecule has 0 fully saturated rings. The predicted octanol–water partition coefficient (Wildman–Crippen LogP) is 2.99. The zero-order valence-electron chi connectivity index (χ0n) is 10.7. The lowest BCUT2D eigenvalue weighted by molar-refractivity contribution is -0.124. The van der Waals surface area contributed by atoms with Crippen LogP contribution in [0.2, 0.25) is 0 Å². The van der Waals surface area contributed by atoms with Gasteiger partial charge in [-0.15, -0.1) is 0 Å². The molecule has 0 saturated heterocycles. The van der Waals surface area contributed by atoms with Crippen molar-refractivity contribution >= 4 is 5.78 Å². The Morgan fingerprint density at radius 1 is 1.24 bits per heavy atom. The maximum Gasteiger partial charge on any atom is 0.135 e. The fraction of sp³-hybridized carbons (Fsp3) is 0.533. The molecule has 1 N–H and O–H groups in total. The zero-order valence-corrected chi connectivity index (χ0v) is 10.7. The van der Waals surface area contributed by atoms with Crippen LogP contribution in [0, 0.1) is 5.92 Å². The molecule has 0 unspecified atom stereocenters. The maximum atomic E-state index is 11.4. The van der Waals surface area contributed by atoms with E-state index in [4.69, 9.17) is 0 Å². The lowest BCUT2D eigenvalue weighted by Gasteiger charge is -2.19. The fourth-order valence-electron chi connectivity index (χ4n) is 2.14. The molecule has 2 nitrogen and oxygen atoms in total. The molecule has 0 aliphatic heterocycles. The fourth-order valence-corrected chi connectivity index (χ4v) is 2.14. The Bertz CT molecular complexity index is 332. The Morgan fingerprint density at radius 3 is 2.41 bits per heavy atom. The highest BCUT2D eigenvalue weighted by Crippen LogP contribution is 2.17. The van der Waals surface area contributed by atoms with Gasteiger partial charge in [-0.2, -0.15) is 0 Å². The van der Waals surface area contributed by atoms with Gasteiger partial charge in [-0.1, -0.05) is 43.7 Å². The standard InChI is InChI=1S/C15H22O2/c1-3-7-14(12(2)16)15(17)11-10-13-8-5-4-6-9-13/h4-6,8-9,14-15,17H,3,7,10-11H2,1-2H3/t14-,15-/m1/s1. The molecular formula is C15H22O2. The van der Waals surface area contributed by atoms with E-state index in [9.17, 15) is 9.90 Å². The number of aliphatic hydroxyl groups excluding tert-OH is 1. The molecule has 0 saturated carbocycles. The highest BCUT2D eigenvalue weighted by atomic mass is 16.3. The number of benzene rings is 1. The second kappa shape index (κ2) is 7.23. The lowest BCUT2D eigenvalue weighted by Crippen LogP contribution is -2.27. The first kappa shape index (κ1) is 13.9. The second-order valence-electron chi connectivity index (χ2n) is 4.60. The van der Waals surface area contributed by atoms with E-state index < -0.39 is 6.10 Å². The summed E-state index contributed by atoms with van der Waals surface area (Å²) in [6, 6.07) is 10.1. The molecule has 1 aromatic rings. The summed E-state index contributed by atoms with van der Waals surface area (Å²) in [6.07, 6.45) is 2.70. The minimum absolute atomic E-state index is 0.104. The third-order valence-corrected chi connectivity index (χ3v) is 3.16. The molecule has 0 aliphatic rings. The van der Waals surface area contributed by atoms with Crippen LogP contribution in [0.4, 0.5) is 0 Å². The van der Waals surface area contributed by atoms with Crippen LogP contribution in [0.5, 0.6) is 0 Å². The van der Waals surface area contributed by atoms with Crippen molar-refractivity contribution in [1.29, 1.82) is 0 Å². The molecular weight excluding hydrogens is 212 g/mol. The van der Waals surface area contributed by atoms with Crippen molar-refractivity contribution in [2.24, 2.45) is 5.92 Å². The molecule has 2 heteroatoms. The van der Waals surface area contributed by atoms with Crippen molar-refractivity contribution in [1.82, 2.24) is 0 Å². The molecule has 0 heterocycles. The quantitative estimate of drug-likeness (QED) is 0.787. The summed E-state index contributed by atoms with van der Waals surface area (Å²) in [7, 11) is 0. The van der Waals surface area contributed by atoms with Crippen molar-refractivity contribution < 1.29 is 9.90 Å². The Hall–Kier alpha value is -1.15. The van der Waals surface area contributed by atoms with Crippen molar-refractivity contribution in [3.05, 3.63) is 35.9 Å². The van der Waals surface area contributed by atoms with Crippen LogP contribution >= 0.6 is 0 Å². The maximum absolute atomic E-state index is 11.4. The molecule has 94 valence electrons. The largest absolute Gasteiger partial charge is 0.392 e. The summed E-state index contributed by atoms with van der Waals surface area (Å²) in [5.74, 6) is -0.0869. The van der Waals surface area contributed by atoms with Crippen LogP contribution in [-0.2, 0) is 11.2 Å². The van der Waals surface area contributed by atoms with Crippen LogP contribution in [0.15, 0.2) is 30.3 Å². The molecule has 1 aromatic carbocycles. The number of ketones is 1. The summed E-state index contributed by atoms with van der Waals surface area (Å²) < 4.78 is 0. The van der Waals surface area contributed by atoms with E-state index in [1.54, 1.807) is 6.92 Å². The van der Waals surface area contributed by atoms with E-state index >= 15 is 0 Å². The number of carbonyl (C=O) groups is 1. The van der Waals surface area contributed by atoms with Gasteiger partial charge in [0, 0.05) is 5.92 Å². The van der Waals surface area contributed by atoms with Crippen molar-refractivity contribution in [3.63, 3.8) is 0 Å². The molecule has 0 aliphatic carbocycles. The average Bonchev–Trinajstić information content (AvgIpc) is 2.34. The number of Topliss-reactive ketones (excluding diaryl/α,β-unsaturated/α-hetero) is 1. The molecule has 0 aromatic heterocycles. The number of hydrogen-bond acceptors (Lipinski definition) is 2. The molecule has 0 amide bonds. The highest BCUT2D eigenvalue weighted by molar-refractivity contribution is 5.78. The van der Waals surface area contributed by atoms with Gasteiger partial charge in [-0.3, -0.25) is 4.79 Å². The van der Waals surface area contributed by atoms with Crippen LogP contribution < -0.4 is 0 Å². The normalized spacial score (nSPS) is 14.3. The van der Waals surface area contributed by atoms with E-state index in [0.717, 1.165) is 19.3 Å². The Balaban J connectivity index is 2.47. The minimum Gasteiger partial charge on any atom is -0.392 e. The monoisotopic (exact) mass is 234 g/mol. The molecule has 0 spiro atoms. The van der Waals surface area contributed by atoms with Gasteiger partial charge < -0.3 is 5.11 Å². The minimum atomic E-state index is -0.507. The van der Waals surface area contributed by atoms with Gasteiger partial charge >= 0.3 is 0 Å². The first-order chi connectivity index (χ1) is 8.15. The van der Waals surface area contributed by atoms with Crippen LogP contribution in [0.1, 0.15) is 38.7 Å². The van der Waals surface area contributed by atoms with Crippen molar-refractivity contribution in [2.75, 3.05) is 0 Å². The number of rotatable bonds is 7. The number of carbonyl (C=O) groups excluding carboxylic acids is 1. The summed E-state index contributed by atoms with van der Waals surface area (Å²) in [5.41, 5.74) is 1.21. The van der Waals surface area contributed by atoms with Crippen LogP contribution in [0.3, 0.4) is 0 Å². The topological polar surface area (TPSA) is 37.3 Å². The smallest absolute Gasteiger partial charge is 0.135 e. The van der Waals surface area contributed by atoms with Crippen LogP contribution in [-0.4, -0.2) is 17.0 Å². The Kier molecular flexibility index (Phi) is 5.92. The lowest BCUT2D eigenvalue weighted by atomic mass is 9.90. The second-order valence-corrected chi connectivity index (χ2v) is 4.60. The number of aryl methyl sites for hydroxylation is 1. The SMILES string of the molecule is CCC[C@H](C(C)=O)[C@H](O)CCc1ccccc1. The van der Waals surface area contributed by atoms with Gasteiger partial charge in [-0.25, -0.2) is 0 Å². The van der Waals surface area contributed by atoms with E-state index in [1.807, 2.05) is 25.1 Å². The summed E-state index contributed by atoms with van der Waals surface area (Å²) >= 11 is 0. The first-order valence-electron chi connectivity index (χ1n) is 6.37. The molecule has 17 heavy (non-hydrogen) atoms. The number of hydrogen-bond donors (Lipinski definition) is 1. The van der Waals surface area contributed by atoms with E-state index in [1.165, 1.54) is 5.56 Å². The highest BCUT2D eigenvalue weighted by Gasteiger charge is 2.22. The predicted molar refractivity (Wildman–Crippen MR) is 69.8 cm³/mol. The molecule has 0 bridgehead atoms. The van der Waals surface area contributed by atoms with Gasteiger partial charge in [0.15, 0.2) is 0 Å². The molecule has 2 atom stereocenters. The third-order valence-electron chi connectivity index (χ3n) is 3.16. The number of aliphatic hydroxyl groups is 1. The van der Waals surface area contributed by atoms with Gasteiger partial charge in [0.2, 0.25) is 0 Å². The van der Waals surface area contributed by atoms with E-state index in [2.05, 4.69) is 12.1 Å². The average molecular weight is 234 g/mol. The first-order valence-corrected chi connectivity index (χ1v) is 6.37. The zero-order chi connectivity index (χ0) is 12.7. The summed E-state index contributed by atoms with van der Waals surface area (Å²) in [5, 5.41) is 10.1. The van der Waals surface area contributed by atoms with Gasteiger partial charge in [0.1, 0.15) is 5.78 Å². The Morgan fingerprint density at radius 2 is 1.88 bits per heavy atom. The summed E-state index contributed by atoms with van der Waals surface area (Å²) in [4.78, 5) is 11.4. The molecule has 1 rings (SSSR count). The van der Waals surface area contributed by atoms with Gasteiger partial charge in [0.25, 0.3) is 0 Å². The third kappa shape index (κ3) is 4.70. The van der Waals surface area contributed by atoms with E-state index in [-0.39, 0.29) is 11.7 Å². The summed E-state index contributed by atoms with van der Waals surface area (Å²) in [6.45, 7) is 3.62. The van der Waals surface area contributed by atoms with Crippen molar-refractivity contribution in [2.45, 2.75) is 45.6 Å². The van der Waals surface area contributed by atoms with Crippen molar-refractivity contribution in [3.8, 4) is 0 Å². The van der Waals surface area contributed by atoms with E-state index in [0.29, 0.717) is 6.42 Å². The van der Waals surface area contributed by atoms with Gasteiger partial charge in [-0.05, 0) is 31.7 Å². The Labute approximate surface area is 104 Å². The molecule has 0 radical (unpaired) electrons. The van der Waals surface area contributed by atoms with Crippen LogP contribution in [0.25, 0.3) is 0 Å².